The Kier molecular flexibility index (Phi) is 7.34. The van der Waals surface area contributed by atoms with Crippen molar-refractivity contribution in [3.8, 4) is 0 Å². The molecule has 17 heavy (non-hydrogen) atoms. The SMILES string of the molecule is CCC(C)CNC(=O)N(CC)CC(C)C(=O)O. The number of carboxylic acids is 1. The van der Waals surface area contributed by atoms with Gasteiger partial charge in [-0.05, 0) is 12.8 Å². The van der Waals surface area contributed by atoms with Crippen molar-refractivity contribution >= 4 is 12.0 Å². The molecule has 5 nitrogen and oxygen atoms in total. The van der Waals surface area contributed by atoms with E-state index in [2.05, 4.69) is 19.2 Å². The summed E-state index contributed by atoms with van der Waals surface area (Å²) in [5.74, 6) is -0.975. The molecule has 0 aliphatic heterocycles. The van der Waals surface area contributed by atoms with Crippen molar-refractivity contribution in [2.75, 3.05) is 19.6 Å². The summed E-state index contributed by atoms with van der Waals surface area (Å²) in [4.78, 5) is 24.0. The molecule has 2 unspecified atom stereocenters. The fourth-order valence-corrected chi connectivity index (χ4v) is 1.28. The lowest BCUT2D eigenvalue weighted by atomic mass is 10.1. The summed E-state index contributed by atoms with van der Waals surface area (Å²) in [6.07, 6.45) is 1.01. The molecule has 0 aromatic rings. The molecular formula is C12H24N2O3. The highest BCUT2D eigenvalue weighted by Gasteiger charge is 2.19. The van der Waals surface area contributed by atoms with Crippen LogP contribution in [-0.2, 0) is 4.79 Å². The normalized spacial score (nSPS) is 13.9. The second kappa shape index (κ2) is 7.92. The summed E-state index contributed by atoms with van der Waals surface area (Å²) >= 11 is 0. The molecular weight excluding hydrogens is 220 g/mol. The average molecular weight is 244 g/mol. The van der Waals surface area contributed by atoms with Gasteiger partial charge in [-0.2, -0.15) is 0 Å². The molecule has 2 atom stereocenters. The van der Waals surface area contributed by atoms with Gasteiger partial charge in [0.15, 0.2) is 0 Å². The van der Waals surface area contributed by atoms with Gasteiger partial charge < -0.3 is 15.3 Å². The van der Waals surface area contributed by atoms with E-state index in [1.165, 1.54) is 4.90 Å². The molecule has 100 valence electrons. The van der Waals surface area contributed by atoms with Crippen molar-refractivity contribution in [2.45, 2.75) is 34.1 Å². The van der Waals surface area contributed by atoms with E-state index < -0.39 is 11.9 Å². The van der Waals surface area contributed by atoms with Crippen LogP contribution in [0.2, 0.25) is 0 Å². The molecule has 2 amide bonds. The summed E-state index contributed by atoms with van der Waals surface area (Å²) in [6.45, 7) is 8.98. The van der Waals surface area contributed by atoms with E-state index in [1.54, 1.807) is 6.92 Å². The Morgan fingerprint density at radius 3 is 2.29 bits per heavy atom. The van der Waals surface area contributed by atoms with E-state index in [9.17, 15) is 9.59 Å². The number of aliphatic carboxylic acids is 1. The first-order valence-electron chi connectivity index (χ1n) is 6.17. The predicted octanol–water partition coefficient (Wildman–Crippen LogP) is 1.78. The smallest absolute Gasteiger partial charge is 0.317 e. The monoisotopic (exact) mass is 244 g/mol. The topological polar surface area (TPSA) is 69.6 Å². The van der Waals surface area contributed by atoms with E-state index in [-0.39, 0.29) is 12.6 Å². The van der Waals surface area contributed by atoms with Crippen molar-refractivity contribution in [3.05, 3.63) is 0 Å². The molecule has 0 heterocycles. The van der Waals surface area contributed by atoms with E-state index >= 15 is 0 Å². The average Bonchev–Trinajstić information content (AvgIpc) is 2.31. The highest BCUT2D eigenvalue weighted by Crippen LogP contribution is 2.02. The molecule has 0 bridgehead atoms. The first-order valence-corrected chi connectivity index (χ1v) is 6.17. The van der Waals surface area contributed by atoms with Gasteiger partial charge in [0.05, 0.1) is 5.92 Å². The van der Waals surface area contributed by atoms with Crippen LogP contribution in [0.25, 0.3) is 0 Å². The predicted molar refractivity (Wildman–Crippen MR) is 66.9 cm³/mol. The van der Waals surface area contributed by atoms with E-state index in [1.807, 2.05) is 6.92 Å². The van der Waals surface area contributed by atoms with Crippen LogP contribution >= 0.6 is 0 Å². The van der Waals surface area contributed by atoms with Crippen molar-refractivity contribution in [1.82, 2.24) is 10.2 Å². The quantitative estimate of drug-likeness (QED) is 0.717. The third-order valence-electron chi connectivity index (χ3n) is 2.88. The number of carbonyl (C=O) groups excluding carboxylic acids is 1. The zero-order valence-corrected chi connectivity index (χ0v) is 11.2. The number of hydrogen-bond donors (Lipinski definition) is 2. The minimum Gasteiger partial charge on any atom is -0.481 e. The highest BCUT2D eigenvalue weighted by atomic mass is 16.4. The Morgan fingerprint density at radius 2 is 1.88 bits per heavy atom. The lowest BCUT2D eigenvalue weighted by Crippen LogP contribution is -2.44. The molecule has 0 saturated carbocycles. The Morgan fingerprint density at radius 1 is 1.29 bits per heavy atom. The van der Waals surface area contributed by atoms with Crippen LogP contribution in [0.15, 0.2) is 0 Å². The van der Waals surface area contributed by atoms with Gasteiger partial charge in [-0.3, -0.25) is 4.79 Å². The van der Waals surface area contributed by atoms with Gasteiger partial charge in [0.25, 0.3) is 0 Å². The zero-order valence-electron chi connectivity index (χ0n) is 11.2. The molecule has 0 aromatic carbocycles. The standard InChI is InChI=1S/C12H24N2O3/c1-5-9(3)7-13-12(17)14(6-2)8-10(4)11(15)16/h9-10H,5-8H2,1-4H3,(H,13,17)(H,15,16). The third-order valence-corrected chi connectivity index (χ3v) is 2.88. The summed E-state index contributed by atoms with van der Waals surface area (Å²) in [6, 6.07) is -0.180. The maximum absolute atomic E-state index is 11.8. The van der Waals surface area contributed by atoms with E-state index in [0.29, 0.717) is 19.0 Å². The number of urea groups is 1. The maximum Gasteiger partial charge on any atom is 0.317 e. The first kappa shape index (κ1) is 15.7. The Balaban J connectivity index is 4.17. The van der Waals surface area contributed by atoms with Crippen molar-refractivity contribution < 1.29 is 14.7 Å². The van der Waals surface area contributed by atoms with Crippen LogP contribution in [-0.4, -0.2) is 41.6 Å². The molecule has 0 spiro atoms. The molecule has 0 aliphatic rings. The molecule has 0 fully saturated rings. The highest BCUT2D eigenvalue weighted by molar-refractivity contribution is 5.75. The molecule has 0 rings (SSSR count). The van der Waals surface area contributed by atoms with Crippen LogP contribution in [0.3, 0.4) is 0 Å². The van der Waals surface area contributed by atoms with Crippen molar-refractivity contribution in [1.29, 1.82) is 0 Å². The van der Waals surface area contributed by atoms with Gasteiger partial charge in [-0.25, -0.2) is 4.79 Å². The second-order valence-corrected chi connectivity index (χ2v) is 4.48. The molecule has 2 N–H and O–H groups in total. The fourth-order valence-electron chi connectivity index (χ4n) is 1.28. The Labute approximate surface area is 103 Å². The number of hydrogen-bond acceptors (Lipinski definition) is 2. The van der Waals surface area contributed by atoms with E-state index in [0.717, 1.165) is 6.42 Å². The second-order valence-electron chi connectivity index (χ2n) is 4.48. The summed E-state index contributed by atoms with van der Waals surface area (Å²) < 4.78 is 0. The van der Waals surface area contributed by atoms with Crippen LogP contribution in [0.4, 0.5) is 4.79 Å². The number of amides is 2. The number of carbonyl (C=O) groups is 2. The number of nitrogens with zero attached hydrogens (tertiary/aromatic N) is 1. The minimum atomic E-state index is -0.877. The third kappa shape index (κ3) is 6.14. The molecule has 0 aromatic heterocycles. The van der Waals surface area contributed by atoms with Crippen molar-refractivity contribution in [2.24, 2.45) is 11.8 Å². The summed E-state index contributed by atoms with van der Waals surface area (Å²) in [5.41, 5.74) is 0. The largest absolute Gasteiger partial charge is 0.481 e. The van der Waals surface area contributed by atoms with Crippen LogP contribution in [0.5, 0.6) is 0 Å². The maximum atomic E-state index is 11.8. The minimum absolute atomic E-state index is 0.180. The van der Waals surface area contributed by atoms with Crippen molar-refractivity contribution in [3.63, 3.8) is 0 Å². The lowest BCUT2D eigenvalue weighted by Gasteiger charge is -2.24. The van der Waals surface area contributed by atoms with Gasteiger partial charge in [-0.1, -0.05) is 27.2 Å². The summed E-state index contributed by atoms with van der Waals surface area (Å²) in [7, 11) is 0. The van der Waals surface area contributed by atoms with Gasteiger partial charge in [0.1, 0.15) is 0 Å². The van der Waals surface area contributed by atoms with Gasteiger partial charge >= 0.3 is 12.0 Å². The van der Waals surface area contributed by atoms with Gasteiger partial charge in [-0.15, -0.1) is 0 Å². The van der Waals surface area contributed by atoms with Gasteiger partial charge in [0.2, 0.25) is 0 Å². The van der Waals surface area contributed by atoms with Crippen LogP contribution in [0.1, 0.15) is 34.1 Å². The molecule has 0 saturated heterocycles. The Bertz CT molecular complexity index is 256. The number of nitrogens with one attached hydrogen (secondary N) is 1. The zero-order chi connectivity index (χ0) is 13.4. The summed E-state index contributed by atoms with van der Waals surface area (Å²) in [5, 5.41) is 11.6. The fraction of sp³-hybridized carbons (Fsp3) is 0.833. The molecule has 0 aliphatic carbocycles. The van der Waals surface area contributed by atoms with Crippen LogP contribution < -0.4 is 5.32 Å². The number of rotatable bonds is 7. The lowest BCUT2D eigenvalue weighted by molar-refractivity contribution is -0.141. The van der Waals surface area contributed by atoms with Crippen LogP contribution in [0, 0.1) is 11.8 Å². The molecule has 0 radical (unpaired) electrons. The van der Waals surface area contributed by atoms with Gasteiger partial charge in [0, 0.05) is 19.6 Å². The molecule has 5 heteroatoms. The first-order chi connectivity index (χ1) is 7.92. The Hall–Kier alpha value is -1.26. The van der Waals surface area contributed by atoms with E-state index in [4.69, 9.17) is 5.11 Å². The number of carboxylic acid groups (broad SMARTS) is 1.